The molecule has 0 spiro atoms. The fraction of sp³-hybridized carbons (Fsp3) is 0.643. The maximum atomic E-state index is 9.56. The van der Waals surface area contributed by atoms with E-state index < -0.39 is 0 Å². The zero-order valence-electron chi connectivity index (χ0n) is 11.8. The van der Waals surface area contributed by atoms with Crippen LogP contribution in [-0.4, -0.2) is 47.1 Å². The molecule has 1 aliphatic rings. The van der Waals surface area contributed by atoms with Gasteiger partial charge in [-0.15, -0.1) is 0 Å². The summed E-state index contributed by atoms with van der Waals surface area (Å²) in [4.78, 5) is 6.66. The molecule has 5 heteroatoms. The first-order valence-electron chi connectivity index (χ1n) is 6.64. The second-order valence-corrected chi connectivity index (χ2v) is 5.20. The quantitative estimate of drug-likeness (QED) is 0.846. The van der Waals surface area contributed by atoms with Crippen molar-refractivity contribution in [2.75, 3.05) is 24.6 Å². The molecule has 2 heterocycles. The molecule has 1 aliphatic heterocycles. The van der Waals surface area contributed by atoms with E-state index in [0.29, 0.717) is 6.54 Å². The molecule has 0 aromatic carbocycles. The van der Waals surface area contributed by atoms with Gasteiger partial charge in [-0.05, 0) is 32.4 Å². The Morgan fingerprint density at radius 2 is 2.11 bits per heavy atom. The molecule has 0 radical (unpaired) electrons. The molecule has 106 valence electrons. The molecule has 0 aliphatic carbocycles. The Hall–Kier alpha value is -1.17. The molecule has 1 fully saturated rings. The number of pyridine rings is 1. The zero-order chi connectivity index (χ0) is 14.0. The summed E-state index contributed by atoms with van der Waals surface area (Å²) in [5, 5.41) is 18.9. The van der Waals surface area contributed by atoms with Crippen LogP contribution in [0.25, 0.3) is 0 Å². The van der Waals surface area contributed by atoms with Crippen molar-refractivity contribution in [1.29, 1.82) is 0 Å². The summed E-state index contributed by atoms with van der Waals surface area (Å²) in [6, 6.07) is 1.97. The van der Waals surface area contributed by atoms with Crippen molar-refractivity contribution in [2.24, 2.45) is 0 Å². The minimum absolute atomic E-state index is 0.0000954. The van der Waals surface area contributed by atoms with Gasteiger partial charge >= 0.3 is 0 Å². The molecule has 19 heavy (non-hydrogen) atoms. The van der Waals surface area contributed by atoms with E-state index in [0.717, 1.165) is 29.2 Å². The molecule has 0 saturated carbocycles. The predicted octanol–water partition coefficient (Wildman–Crippen LogP) is 0.777. The lowest BCUT2D eigenvalue weighted by molar-refractivity contribution is -0.0423. The molecule has 0 bridgehead atoms. The molecule has 2 N–H and O–H groups in total. The molecule has 0 amide bonds. The lowest BCUT2D eigenvalue weighted by Crippen LogP contribution is -2.48. The van der Waals surface area contributed by atoms with Crippen molar-refractivity contribution >= 4 is 5.82 Å². The van der Waals surface area contributed by atoms with Gasteiger partial charge in [-0.3, -0.25) is 0 Å². The van der Waals surface area contributed by atoms with Crippen molar-refractivity contribution in [2.45, 2.75) is 39.6 Å². The van der Waals surface area contributed by atoms with Crippen LogP contribution < -0.4 is 4.90 Å². The van der Waals surface area contributed by atoms with E-state index in [1.807, 2.05) is 26.8 Å². The van der Waals surface area contributed by atoms with Gasteiger partial charge in [0.05, 0.1) is 25.4 Å². The maximum absolute atomic E-state index is 9.56. The predicted molar refractivity (Wildman–Crippen MR) is 73.3 cm³/mol. The van der Waals surface area contributed by atoms with Gasteiger partial charge in [-0.25, -0.2) is 4.98 Å². The van der Waals surface area contributed by atoms with Gasteiger partial charge in [0.2, 0.25) is 0 Å². The van der Waals surface area contributed by atoms with Crippen molar-refractivity contribution in [3.8, 4) is 0 Å². The second-order valence-electron chi connectivity index (χ2n) is 5.20. The van der Waals surface area contributed by atoms with Crippen molar-refractivity contribution in [3.63, 3.8) is 0 Å². The van der Waals surface area contributed by atoms with Gasteiger partial charge in [0.25, 0.3) is 0 Å². The molecular weight excluding hydrogens is 244 g/mol. The van der Waals surface area contributed by atoms with E-state index in [1.54, 1.807) is 0 Å². The monoisotopic (exact) mass is 266 g/mol. The summed E-state index contributed by atoms with van der Waals surface area (Å²) in [7, 11) is 0. The highest BCUT2D eigenvalue weighted by atomic mass is 16.5. The number of aliphatic hydroxyl groups excluding tert-OH is 2. The van der Waals surface area contributed by atoms with Crippen LogP contribution in [0.2, 0.25) is 0 Å². The standard InChI is InChI=1S/C14H22N2O3/c1-9-4-10(2)15-14(13(9)8-18)16-5-11(3)19-12(6-16)7-17/h4,11-12,17-18H,5-8H2,1-3H3. The normalized spacial score (nSPS) is 23.7. The molecular formula is C14H22N2O3. The first-order chi connectivity index (χ1) is 9.05. The SMILES string of the molecule is Cc1cc(C)c(CO)c(N2CC(C)OC(CO)C2)n1. The van der Waals surface area contributed by atoms with Crippen molar-refractivity contribution < 1.29 is 14.9 Å². The third kappa shape index (κ3) is 3.05. The first kappa shape index (κ1) is 14.2. The van der Waals surface area contributed by atoms with Gasteiger partial charge in [0, 0.05) is 24.3 Å². The lowest BCUT2D eigenvalue weighted by Gasteiger charge is -2.37. The van der Waals surface area contributed by atoms with Gasteiger partial charge < -0.3 is 19.8 Å². The Kier molecular flexibility index (Phi) is 4.39. The average molecular weight is 266 g/mol. The number of aliphatic hydroxyl groups is 2. The Balaban J connectivity index is 2.34. The number of aromatic nitrogens is 1. The first-order valence-corrected chi connectivity index (χ1v) is 6.64. The minimum atomic E-state index is -0.196. The number of hydrogen-bond acceptors (Lipinski definition) is 5. The summed E-state index contributed by atoms with van der Waals surface area (Å²) < 4.78 is 5.64. The van der Waals surface area contributed by atoms with Crippen LogP contribution in [0.3, 0.4) is 0 Å². The van der Waals surface area contributed by atoms with Crippen LogP contribution in [0.4, 0.5) is 5.82 Å². The number of nitrogens with zero attached hydrogens (tertiary/aromatic N) is 2. The third-order valence-electron chi connectivity index (χ3n) is 3.44. The molecule has 2 atom stereocenters. The smallest absolute Gasteiger partial charge is 0.134 e. The number of anilines is 1. The van der Waals surface area contributed by atoms with Crippen LogP contribution >= 0.6 is 0 Å². The molecule has 5 nitrogen and oxygen atoms in total. The second kappa shape index (κ2) is 5.86. The van der Waals surface area contributed by atoms with Gasteiger partial charge in [0.1, 0.15) is 5.82 Å². The number of rotatable bonds is 3. The van der Waals surface area contributed by atoms with Crippen molar-refractivity contribution in [3.05, 3.63) is 22.9 Å². The van der Waals surface area contributed by atoms with Crippen LogP contribution in [-0.2, 0) is 11.3 Å². The van der Waals surface area contributed by atoms with E-state index >= 15 is 0 Å². The zero-order valence-corrected chi connectivity index (χ0v) is 11.8. The molecule has 2 unspecified atom stereocenters. The van der Waals surface area contributed by atoms with E-state index in [1.165, 1.54) is 0 Å². The van der Waals surface area contributed by atoms with E-state index in [4.69, 9.17) is 4.74 Å². The molecule has 1 aromatic rings. The summed E-state index contributed by atoms with van der Waals surface area (Å²) >= 11 is 0. The number of morpholine rings is 1. The van der Waals surface area contributed by atoms with Crippen LogP contribution in [0, 0.1) is 13.8 Å². The van der Waals surface area contributed by atoms with E-state index in [-0.39, 0.29) is 25.4 Å². The Morgan fingerprint density at radius 1 is 1.37 bits per heavy atom. The van der Waals surface area contributed by atoms with Crippen LogP contribution in [0.15, 0.2) is 6.07 Å². The van der Waals surface area contributed by atoms with Crippen LogP contribution in [0.1, 0.15) is 23.7 Å². The Morgan fingerprint density at radius 3 is 2.74 bits per heavy atom. The molecule has 1 aromatic heterocycles. The molecule has 1 saturated heterocycles. The fourth-order valence-corrected chi connectivity index (χ4v) is 2.62. The highest BCUT2D eigenvalue weighted by Crippen LogP contribution is 2.25. The Labute approximate surface area is 113 Å². The number of hydrogen-bond donors (Lipinski definition) is 2. The number of ether oxygens (including phenoxy) is 1. The summed E-state index contributed by atoms with van der Waals surface area (Å²) in [5.41, 5.74) is 2.84. The van der Waals surface area contributed by atoms with Gasteiger partial charge in [-0.2, -0.15) is 0 Å². The summed E-state index contributed by atoms with van der Waals surface area (Å²) in [5.74, 6) is 0.814. The summed E-state index contributed by atoms with van der Waals surface area (Å²) in [6.45, 7) is 7.21. The average Bonchev–Trinajstić information content (AvgIpc) is 2.37. The topological polar surface area (TPSA) is 65.8 Å². The largest absolute Gasteiger partial charge is 0.394 e. The number of aryl methyl sites for hydroxylation is 2. The maximum Gasteiger partial charge on any atom is 0.134 e. The lowest BCUT2D eigenvalue weighted by atomic mass is 10.1. The van der Waals surface area contributed by atoms with Crippen molar-refractivity contribution in [1.82, 2.24) is 4.98 Å². The van der Waals surface area contributed by atoms with Crippen LogP contribution in [0.5, 0.6) is 0 Å². The van der Waals surface area contributed by atoms with E-state index in [9.17, 15) is 10.2 Å². The fourth-order valence-electron chi connectivity index (χ4n) is 2.62. The van der Waals surface area contributed by atoms with Gasteiger partial charge in [-0.1, -0.05) is 0 Å². The highest BCUT2D eigenvalue weighted by Gasteiger charge is 2.27. The summed E-state index contributed by atoms with van der Waals surface area (Å²) in [6.07, 6.45) is -0.155. The minimum Gasteiger partial charge on any atom is -0.394 e. The Bertz CT molecular complexity index is 451. The van der Waals surface area contributed by atoms with E-state index in [2.05, 4.69) is 9.88 Å². The third-order valence-corrected chi connectivity index (χ3v) is 3.44. The highest BCUT2D eigenvalue weighted by molar-refractivity contribution is 5.51. The van der Waals surface area contributed by atoms with Gasteiger partial charge in [0.15, 0.2) is 0 Å². The molecule has 2 rings (SSSR count).